The van der Waals surface area contributed by atoms with Crippen molar-refractivity contribution in [1.29, 1.82) is 0 Å². The summed E-state index contributed by atoms with van der Waals surface area (Å²) in [4.78, 5) is 30.2. The molecule has 0 bridgehead atoms. The number of anilines is 1. The summed E-state index contributed by atoms with van der Waals surface area (Å²) in [5.74, 6) is -0.136. The first-order chi connectivity index (χ1) is 18.3. The highest BCUT2D eigenvalue weighted by atomic mass is 32.1. The Morgan fingerprint density at radius 1 is 1.11 bits per heavy atom. The van der Waals surface area contributed by atoms with Gasteiger partial charge in [0.15, 0.2) is 5.82 Å². The van der Waals surface area contributed by atoms with Gasteiger partial charge in [0.1, 0.15) is 22.7 Å². The summed E-state index contributed by atoms with van der Waals surface area (Å²) in [7, 11) is 0. The average molecular weight is 526 g/mol. The van der Waals surface area contributed by atoms with Crippen molar-refractivity contribution >= 4 is 44.9 Å². The Morgan fingerprint density at radius 2 is 1.97 bits per heavy atom. The van der Waals surface area contributed by atoms with Gasteiger partial charge >= 0.3 is 0 Å². The maximum Gasteiger partial charge on any atom is 0.224 e. The molecule has 0 saturated carbocycles. The molecule has 0 aliphatic heterocycles. The number of nitrogens with one attached hydrogen (secondary N) is 3. The highest BCUT2D eigenvalue weighted by Crippen LogP contribution is 2.36. The van der Waals surface area contributed by atoms with E-state index in [9.17, 15) is 4.79 Å². The van der Waals surface area contributed by atoms with E-state index in [2.05, 4.69) is 30.5 Å². The zero-order chi connectivity index (χ0) is 26.4. The smallest absolute Gasteiger partial charge is 0.224 e. The highest BCUT2D eigenvalue weighted by molar-refractivity contribution is 7.13. The lowest BCUT2D eigenvalue weighted by Gasteiger charge is -2.17. The number of pyridine rings is 2. The van der Waals surface area contributed by atoms with Crippen LogP contribution >= 0.6 is 11.3 Å². The number of H-pyrrole nitrogens is 2. The number of nitrogens with zero attached hydrogens (tertiary/aromatic N) is 4. The molecule has 5 heterocycles. The number of aromatic nitrogens is 6. The summed E-state index contributed by atoms with van der Waals surface area (Å²) in [5.41, 5.74) is 4.40. The predicted molar refractivity (Wildman–Crippen MR) is 148 cm³/mol. The molecule has 0 atom stereocenters. The number of thiophene rings is 1. The van der Waals surface area contributed by atoms with Crippen molar-refractivity contribution in [1.82, 2.24) is 30.1 Å². The fourth-order valence-corrected chi connectivity index (χ4v) is 5.17. The van der Waals surface area contributed by atoms with Crippen molar-refractivity contribution < 1.29 is 9.18 Å². The second-order valence-electron chi connectivity index (χ2n) is 10.3. The lowest BCUT2D eigenvalue weighted by Crippen LogP contribution is -2.19. The number of rotatable bonds is 5. The van der Waals surface area contributed by atoms with E-state index in [1.54, 1.807) is 48.1 Å². The molecule has 6 aromatic rings. The number of hydrogen-bond donors (Lipinski definition) is 3. The van der Waals surface area contributed by atoms with E-state index in [4.69, 9.17) is 4.98 Å². The molecule has 3 N–H and O–H groups in total. The fourth-order valence-electron chi connectivity index (χ4n) is 4.45. The molecule has 0 spiro atoms. The molecule has 0 unspecified atom stereocenters. The highest BCUT2D eigenvalue weighted by Gasteiger charge is 2.21. The maximum absolute atomic E-state index is 16.1. The van der Waals surface area contributed by atoms with Crippen molar-refractivity contribution in [2.75, 3.05) is 5.32 Å². The molecule has 0 radical (unpaired) electrons. The van der Waals surface area contributed by atoms with Gasteiger partial charge in [-0.3, -0.25) is 19.9 Å². The second-order valence-corrected chi connectivity index (χ2v) is 11.2. The molecule has 8 nitrogen and oxygen atoms in total. The van der Waals surface area contributed by atoms with Crippen molar-refractivity contribution in [3.8, 4) is 33.2 Å². The number of benzene rings is 1. The molecule has 1 aromatic carbocycles. The van der Waals surface area contributed by atoms with E-state index in [1.165, 1.54) is 0 Å². The molecular formula is C28H24FN7OS. The normalized spacial score (nSPS) is 11.9. The van der Waals surface area contributed by atoms with E-state index in [0.717, 1.165) is 16.1 Å². The van der Waals surface area contributed by atoms with Gasteiger partial charge in [-0.25, -0.2) is 9.37 Å². The Bertz CT molecular complexity index is 1800. The van der Waals surface area contributed by atoms with Crippen LogP contribution in [0.25, 0.3) is 55.2 Å². The molecule has 5 aromatic heterocycles. The number of aromatic amines is 2. The Balaban J connectivity index is 1.40. The number of amides is 1. The zero-order valence-electron chi connectivity index (χ0n) is 21.0. The molecule has 1 amide bonds. The number of hydrogen-bond acceptors (Lipinski definition) is 6. The number of fused-ring (bicyclic) bond motifs is 2. The van der Waals surface area contributed by atoms with Gasteiger partial charge in [-0.15, -0.1) is 11.3 Å². The van der Waals surface area contributed by atoms with Gasteiger partial charge in [-0.2, -0.15) is 5.10 Å². The molecular weight excluding hydrogens is 501 g/mol. The summed E-state index contributed by atoms with van der Waals surface area (Å²) in [6, 6.07) is 11.0. The van der Waals surface area contributed by atoms with Crippen LogP contribution in [0.3, 0.4) is 0 Å². The van der Waals surface area contributed by atoms with Crippen LogP contribution in [0.5, 0.6) is 0 Å². The third kappa shape index (κ3) is 4.43. The largest absolute Gasteiger partial charge is 0.336 e. The third-order valence-corrected chi connectivity index (χ3v) is 6.95. The van der Waals surface area contributed by atoms with E-state index in [-0.39, 0.29) is 11.3 Å². The number of halogens is 1. The van der Waals surface area contributed by atoms with Gasteiger partial charge < -0.3 is 10.3 Å². The minimum Gasteiger partial charge on any atom is -0.336 e. The predicted octanol–water partition coefficient (Wildman–Crippen LogP) is 6.81. The third-order valence-electron chi connectivity index (χ3n) is 6.07. The fraction of sp³-hybridized carbons (Fsp3) is 0.179. The number of imidazole rings is 1. The minimum absolute atomic E-state index is 0.120. The Morgan fingerprint density at radius 3 is 2.76 bits per heavy atom. The van der Waals surface area contributed by atoms with Crippen molar-refractivity contribution in [2.45, 2.75) is 27.2 Å². The van der Waals surface area contributed by atoms with Gasteiger partial charge in [0.2, 0.25) is 5.91 Å². The summed E-state index contributed by atoms with van der Waals surface area (Å²) in [6.07, 6.45) is 5.21. The summed E-state index contributed by atoms with van der Waals surface area (Å²) >= 11 is 1.58. The summed E-state index contributed by atoms with van der Waals surface area (Å²) in [5, 5.41) is 12.5. The average Bonchev–Trinajstić information content (AvgIpc) is 3.62. The Kier molecular flexibility index (Phi) is 5.76. The molecule has 38 heavy (non-hydrogen) atoms. The zero-order valence-corrected chi connectivity index (χ0v) is 21.8. The quantitative estimate of drug-likeness (QED) is 0.229. The summed E-state index contributed by atoms with van der Waals surface area (Å²) < 4.78 is 16.1. The van der Waals surface area contributed by atoms with Gasteiger partial charge in [-0.1, -0.05) is 26.8 Å². The second kappa shape index (κ2) is 9.14. The van der Waals surface area contributed by atoms with E-state index in [1.807, 2.05) is 44.4 Å². The van der Waals surface area contributed by atoms with Crippen LogP contribution in [0.15, 0.2) is 60.4 Å². The lowest BCUT2D eigenvalue weighted by atomic mass is 9.92. The van der Waals surface area contributed by atoms with Crippen LogP contribution in [0.1, 0.15) is 27.2 Å². The standard InChI is InChI=1S/C28H24FN7OS/c1-28(2,3)12-21(37)32-16-11-15(13-30-14-16)17-6-7-18-22(23(17)29)26(36-35-18)27-33-19-8-9-31-25(24(19)34-27)20-5-4-10-38-20/h4-11,13-14H,12H2,1-3H3,(H,32,37)(H,33,34)(H,35,36). The Labute approximate surface area is 221 Å². The molecule has 10 heteroatoms. The van der Waals surface area contributed by atoms with Gasteiger partial charge in [0.05, 0.1) is 33.2 Å². The molecule has 0 saturated heterocycles. The first-order valence-corrected chi connectivity index (χ1v) is 13.0. The van der Waals surface area contributed by atoms with Crippen molar-refractivity contribution in [2.24, 2.45) is 5.41 Å². The van der Waals surface area contributed by atoms with Crippen LogP contribution in [0.4, 0.5) is 10.1 Å². The lowest BCUT2D eigenvalue weighted by molar-refractivity contribution is -0.117. The van der Waals surface area contributed by atoms with Crippen LogP contribution in [0, 0.1) is 11.2 Å². The van der Waals surface area contributed by atoms with Crippen molar-refractivity contribution in [3.63, 3.8) is 0 Å². The molecule has 6 rings (SSSR count). The SMILES string of the molecule is CC(C)(C)CC(=O)Nc1cncc(-c2ccc3[nH]nc(-c4nc5c(-c6cccs6)nccc5[nH]4)c3c2F)c1. The van der Waals surface area contributed by atoms with Crippen LogP contribution in [-0.2, 0) is 4.79 Å². The Hall–Kier alpha value is -4.44. The van der Waals surface area contributed by atoms with Gasteiger partial charge in [-0.05, 0) is 41.1 Å². The van der Waals surface area contributed by atoms with E-state index in [0.29, 0.717) is 51.2 Å². The van der Waals surface area contributed by atoms with Crippen LogP contribution < -0.4 is 5.32 Å². The summed E-state index contributed by atoms with van der Waals surface area (Å²) in [6.45, 7) is 5.99. The number of carbonyl (C=O) groups is 1. The van der Waals surface area contributed by atoms with Crippen LogP contribution in [0.2, 0.25) is 0 Å². The topological polar surface area (TPSA) is 112 Å². The monoisotopic (exact) mass is 525 g/mol. The van der Waals surface area contributed by atoms with Gasteiger partial charge in [0, 0.05) is 29.9 Å². The molecule has 190 valence electrons. The first-order valence-electron chi connectivity index (χ1n) is 12.1. The van der Waals surface area contributed by atoms with E-state index >= 15 is 4.39 Å². The molecule has 0 aliphatic rings. The number of carbonyl (C=O) groups excluding carboxylic acids is 1. The van der Waals surface area contributed by atoms with Gasteiger partial charge in [0.25, 0.3) is 0 Å². The van der Waals surface area contributed by atoms with E-state index < -0.39 is 5.82 Å². The maximum atomic E-state index is 16.1. The molecule has 0 aliphatic carbocycles. The molecule has 0 fully saturated rings. The van der Waals surface area contributed by atoms with Crippen LogP contribution in [-0.4, -0.2) is 36.0 Å². The van der Waals surface area contributed by atoms with Crippen molar-refractivity contribution in [3.05, 3.63) is 66.2 Å². The minimum atomic E-state index is -0.455. The first kappa shape index (κ1) is 23.9.